The summed E-state index contributed by atoms with van der Waals surface area (Å²) in [6.07, 6.45) is 5.28. The van der Waals surface area contributed by atoms with Crippen LogP contribution in [-0.2, 0) is 11.3 Å². The van der Waals surface area contributed by atoms with Crippen molar-refractivity contribution in [1.29, 1.82) is 0 Å². The summed E-state index contributed by atoms with van der Waals surface area (Å²) in [5, 5.41) is 9.19. The van der Waals surface area contributed by atoms with Gasteiger partial charge in [0.05, 0.1) is 0 Å². The molecule has 138 valence electrons. The lowest BCUT2D eigenvalue weighted by Gasteiger charge is -2.19. The zero-order chi connectivity index (χ0) is 18.3. The maximum Gasteiger partial charge on any atom is 0.325 e. The summed E-state index contributed by atoms with van der Waals surface area (Å²) in [7, 11) is 1.72. The van der Waals surface area contributed by atoms with Gasteiger partial charge < -0.3 is 20.5 Å². The molecule has 1 aliphatic heterocycles. The Morgan fingerprint density at radius 3 is 2.48 bits per heavy atom. The molecule has 8 heteroatoms. The highest BCUT2D eigenvalue weighted by atomic mass is 16.2. The lowest BCUT2D eigenvalue weighted by Crippen LogP contribution is -2.43. The zero-order valence-corrected chi connectivity index (χ0v) is 15.2. The largest absolute Gasteiger partial charge is 0.356 e. The molecule has 0 aromatic carbocycles. The molecule has 1 unspecified atom stereocenters. The van der Waals surface area contributed by atoms with E-state index in [9.17, 15) is 9.59 Å². The molecule has 1 atom stereocenters. The van der Waals surface area contributed by atoms with E-state index in [2.05, 4.69) is 25.5 Å². The standard InChI is InChI=1S/C17H28N6O2/c1-4-17(2)14(24)23(16(25)21-17)12-7-8-19-15(18-3)20-9-13-22-10-5-6-11-22/h5-6,10-11H,4,7-9,12-13H2,1-3H3,(H,21,25)(H2,18,19,20). The second kappa shape index (κ2) is 8.55. The van der Waals surface area contributed by atoms with Crippen LogP contribution < -0.4 is 16.0 Å². The number of guanidine groups is 1. The topological polar surface area (TPSA) is 90.8 Å². The van der Waals surface area contributed by atoms with Crippen LogP contribution in [0.2, 0.25) is 0 Å². The first-order valence-corrected chi connectivity index (χ1v) is 8.69. The number of nitrogens with zero attached hydrogens (tertiary/aromatic N) is 3. The molecular weight excluding hydrogens is 320 g/mol. The minimum absolute atomic E-state index is 0.144. The number of carbonyl (C=O) groups excluding carboxylic acids is 2. The van der Waals surface area contributed by atoms with Gasteiger partial charge in [-0.2, -0.15) is 0 Å². The van der Waals surface area contributed by atoms with E-state index in [0.29, 0.717) is 31.9 Å². The molecule has 1 saturated heterocycles. The molecule has 0 aliphatic carbocycles. The number of hydrogen-bond acceptors (Lipinski definition) is 3. The quantitative estimate of drug-likeness (QED) is 0.280. The minimum atomic E-state index is -0.763. The fourth-order valence-electron chi connectivity index (χ4n) is 2.68. The van der Waals surface area contributed by atoms with Gasteiger partial charge in [0.1, 0.15) is 5.54 Å². The molecule has 0 saturated carbocycles. The molecule has 1 aromatic heterocycles. The highest BCUT2D eigenvalue weighted by Crippen LogP contribution is 2.20. The molecule has 1 aliphatic rings. The molecule has 2 rings (SSSR count). The first kappa shape index (κ1) is 18.8. The van der Waals surface area contributed by atoms with E-state index < -0.39 is 5.54 Å². The number of amides is 3. The van der Waals surface area contributed by atoms with Crippen molar-refractivity contribution in [2.24, 2.45) is 4.99 Å². The Bertz CT molecular complexity index is 613. The van der Waals surface area contributed by atoms with Gasteiger partial charge in [-0.15, -0.1) is 0 Å². The van der Waals surface area contributed by atoms with E-state index in [1.807, 2.05) is 31.5 Å². The normalized spacial score (nSPS) is 20.8. The average Bonchev–Trinajstić information content (AvgIpc) is 3.19. The number of urea groups is 1. The zero-order valence-electron chi connectivity index (χ0n) is 15.2. The van der Waals surface area contributed by atoms with Crippen molar-refractivity contribution in [3.63, 3.8) is 0 Å². The summed E-state index contributed by atoms with van der Waals surface area (Å²) in [6, 6.07) is 3.68. The Hall–Kier alpha value is -2.51. The van der Waals surface area contributed by atoms with Gasteiger partial charge in [0.15, 0.2) is 5.96 Å². The van der Waals surface area contributed by atoms with Gasteiger partial charge in [0, 0.05) is 45.6 Å². The fourth-order valence-corrected chi connectivity index (χ4v) is 2.68. The lowest BCUT2D eigenvalue weighted by molar-refractivity contribution is -0.130. The third-order valence-corrected chi connectivity index (χ3v) is 4.46. The van der Waals surface area contributed by atoms with Crippen molar-refractivity contribution in [2.45, 2.75) is 38.8 Å². The van der Waals surface area contributed by atoms with Crippen molar-refractivity contribution >= 4 is 17.9 Å². The first-order valence-electron chi connectivity index (χ1n) is 8.69. The lowest BCUT2D eigenvalue weighted by atomic mass is 9.99. The molecule has 0 radical (unpaired) electrons. The summed E-state index contributed by atoms with van der Waals surface area (Å²) in [4.78, 5) is 29.7. The molecule has 8 nitrogen and oxygen atoms in total. The molecule has 3 amide bonds. The van der Waals surface area contributed by atoms with Crippen LogP contribution in [0.25, 0.3) is 0 Å². The van der Waals surface area contributed by atoms with Crippen molar-refractivity contribution in [3.8, 4) is 0 Å². The minimum Gasteiger partial charge on any atom is -0.356 e. The summed E-state index contributed by atoms with van der Waals surface area (Å²) >= 11 is 0. The number of aromatic nitrogens is 1. The molecular formula is C17H28N6O2. The van der Waals surface area contributed by atoms with E-state index >= 15 is 0 Å². The van der Waals surface area contributed by atoms with Gasteiger partial charge in [-0.25, -0.2) is 4.79 Å². The number of aliphatic imine (C=N–C) groups is 1. The highest BCUT2D eigenvalue weighted by molar-refractivity contribution is 6.06. The van der Waals surface area contributed by atoms with Crippen LogP contribution in [0.1, 0.15) is 26.7 Å². The Morgan fingerprint density at radius 2 is 1.88 bits per heavy atom. The third kappa shape index (κ3) is 4.74. The molecule has 1 aromatic rings. The smallest absolute Gasteiger partial charge is 0.325 e. The van der Waals surface area contributed by atoms with Crippen LogP contribution >= 0.6 is 0 Å². The van der Waals surface area contributed by atoms with Gasteiger partial charge in [-0.05, 0) is 31.9 Å². The summed E-state index contributed by atoms with van der Waals surface area (Å²) < 4.78 is 2.09. The van der Waals surface area contributed by atoms with Crippen LogP contribution in [0.5, 0.6) is 0 Å². The van der Waals surface area contributed by atoms with Gasteiger partial charge >= 0.3 is 6.03 Å². The van der Waals surface area contributed by atoms with Gasteiger partial charge in [0.25, 0.3) is 5.91 Å². The van der Waals surface area contributed by atoms with Crippen LogP contribution in [0, 0.1) is 0 Å². The maximum atomic E-state index is 12.3. The monoisotopic (exact) mass is 348 g/mol. The van der Waals surface area contributed by atoms with Crippen molar-refractivity contribution < 1.29 is 9.59 Å². The fraction of sp³-hybridized carbons (Fsp3) is 0.588. The molecule has 2 heterocycles. The SMILES string of the molecule is CCC1(C)NC(=O)N(CCCNC(=NC)NCCn2cccc2)C1=O. The maximum absolute atomic E-state index is 12.3. The van der Waals surface area contributed by atoms with Crippen LogP contribution in [0.4, 0.5) is 4.79 Å². The van der Waals surface area contributed by atoms with Gasteiger partial charge in [0.2, 0.25) is 0 Å². The van der Waals surface area contributed by atoms with Crippen molar-refractivity contribution in [2.75, 3.05) is 26.7 Å². The number of hydrogen-bond donors (Lipinski definition) is 3. The summed E-state index contributed by atoms with van der Waals surface area (Å²) in [5.41, 5.74) is -0.763. The van der Waals surface area contributed by atoms with Gasteiger partial charge in [-0.3, -0.25) is 14.7 Å². The second-order valence-corrected chi connectivity index (χ2v) is 6.27. The number of nitrogens with one attached hydrogen (secondary N) is 3. The van der Waals surface area contributed by atoms with E-state index in [1.165, 1.54) is 4.90 Å². The van der Waals surface area contributed by atoms with E-state index in [1.54, 1.807) is 14.0 Å². The van der Waals surface area contributed by atoms with Crippen molar-refractivity contribution in [3.05, 3.63) is 24.5 Å². The Kier molecular flexibility index (Phi) is 6.44. The Labute approximate surface area is 148 Å². The number of imide groups is 1. The Morgan fingerprint density at radius 1 is 1.20 bits per heavy atom. The molecule has 0 bridgehead atoms. The average molecular weight is 348 g/mol. The summed E-state index contributed by atoms with van der Waals surface area (Å²) in [6.45, 7) is 6.30. The predicted octanol–water partition coefficient (Wildman–Crippen LogP) is 0.764. The second-order valence-electron chi connectivity index (χ2n) is 6.27. The van der Waals surface area contributed by atoms with Crippen molar-refractivity contribution in [1.82, 2.24) is 25.4 Å². The Balaban J connectivity index is 1.67. The number of carbonyl (C=O) groups is 2. The van der Waals surface area contributed by atoms with E-state index in [0.717, 1.165) is 13.1 Å². The molecule has 25 heavy (non-hydrogen) atoms. The molecule has 1 fully saturated rings. The predicted molar refractivity (Wildman–Crippen MR) is 97.4 cm³/mol. The van der Waals surface area contributed by atoms with E-state index in [-0.39, 0.29) is 11.9 Å². The molecule has 0 spiro atoms. The van der Waals surface area contributed by atoms with Crippen LogP contribution in [0.15, 0.2) is 29.5 Å². The van der Waals surface area contributed by atoms with Gasteiger partial charge in [-0.1, -0.05) is 6.92 Å². The summed E-state index contributed by atoms with van der Waals surface area (Å²) in [5.74, 6) is 0.567. The van der Waals surface area contributed by atoms with E-state index in [4.69, 9.17) is 0 Å². The van der Waals surface area contributed by atoms with Crippen LogP contribution in [0.3, 0.4) is 0 Å². The van der Waals surface area contributed by atoms with Crippen LogP contribution in [-0.4, -0.2) is 59.6 Å². The molecule has 3 N–H and O–H groups in total. The first-order chi connectivity index (χ1) is 12.0. The number of rotatable bonds is 8. The third-order valence-electron chi connectivity index (χ3n) is 4.46. The highest BCUT2D eigenvalue weighted by Gasteiger charge is 2.45.